The molecule has 0 saturated heterocycles. The van der Waals surface area contributed by atoms with Crippen LogP contribution in [-0.2, 0) is 13.1 Å². The molecule has 2 aromatic rings. The van der Waals surface area contributed by atoms with E-state index in [0.717, 1.165) is 29.6 Å². The van der Waals surface area contributed by atoms with Crippen molar-refractivity contribution in [3.63, 3.8) is 0 Å². The van der Waals surface area contributed by atoms with Gasteiger partial charge in [-0.25, -0.2) is 0 Å². The number of thiophene rings is 1. The van der Waals surface area contributed by atoms with Crippen molar-refractivity contribution in [2.45, 2.75) is 20.0 Å². The van der Waals surface area contributed by atoms with Crippen LogP contribution < -0.4 is 20.1 Å². The minimum absolute atomic E-state index is 0. The lowest BCUT2D eigenvalue weighted by Crippen LogP contribution is -2.36. The topological polar surface area (TPSA) is 54.9 Å². The van der Waals surface area contributed by atoms with Crippen LogP contribution in [-0.4, -0.2) is 26.7 Å². The highest BCUT2D eigenvalue weighted by molar-refractivity contribution is 14.0. The van der Waals surface area contributed by atoms with Gasteiger partial charge in [-0.15, -0.1) is 24.0 Å². The van der Waals surface area contributed by atoms with E-state index in [9.17, 15) is 0 Å². The summed E-state index contributed by atoms with van der Waals surface area (Å²) in [6.07, 6.45) is 0. The second kappa shape index (κ2) is 11.1. The minimum atomic E-state index is 0. The molecule has 0 radical (unpaired) electrons. The molecule has 24 heavy (non-hydrogen) atoms. The smallest absolute Gasteiger partial charge is 0.191 e. The van der Waals surface area contributed by atoms with E-state index in [1.165, 1.54) is 5.56 Å². The van der Waals surface area contributed by atoms with Crippen molar-refractivity contribution < 1.29 is 9.47 Å². The molecule has 0 aliphatic rings. The van der Waals surface area contributed by atoms with Crippen molar-refractivity contribution in [2.75, 3.05) is 20.8 Å². The van der Waals surface area contributed by atoms with E-state index in [4.69, 9.17) is 9.47 Å². The van der Waals surface area contributed by atoms with E-state index in [1.807, 2.05) is 25.1 Å². The van der Waals surface area contributed by atoms with Crippen LogP contribution in [0.3, 0.4) is 0 Å². The Morgan fingerprint density at radius 1 is 1.12 bits per heavy atom. The summed E-state index contributed by atoms with van der Waals surface area (Å²) >= 11 is 1.69. The van der Waals surface area contributed by atoms with E-state index in [0.29, 0.717) is 13.2 Å². The Morgan fingerprint density at radius 3 is 2.46 bits per heavy atom. The molecule has 0 fully saturated rings. The largest absolute Gasteiger partial charge is 0.493 e. The fourth-order valence-corrected chi connectivity index (χ4v) is 2.75. The standard InChI is InChI=1S/C17H23N3O2S.HI/c1-4-22-16-9-13(5-6-15(16)21-3)10-19-17(18-2)20-11-14-7-8-23-12-14;/h5-9,12H,4,10-11H2,1-3H3,(H2,18,19,20);1H. The molecule has 1 aromatic heterocycles. The molecule has 1 heterocycles. The Labute approximate surface area is 164 Å². The minimum Gasteiger partial charge on any atom is -0.493 e. The maximum atomic E-state index is 5.60. The summed E-state index contributed by atoms with van der Waals surface area (Å²) in [5.74, 6) is 2.27. The molecule has 132 valence electrons. The average Bonchev–Trinajstić information content (AvgIpc) is 3.09. The quantitative estimate of drug-likeness (QED) is 0.376. The van der Waals surface area contributed by atoms with Gasteiger partial charge in [-0.2, -0.15) is 11.3 Å². The number of aliphatic imine (C=N–C) groups is 1. The Bertz CT molecular complexity index is 633. The number of halogens is 1. The molecule has 0 atom stereocenters. The summed E-state index contributed by atoms with van der Waals surface area (Å²) in [6.45, 7) is 3.99. The van der Waals surface area contributed by atoms with Gasteiger partial charge in [0.2, 0.25) is 0 Å². The number of hydrogen-bond acceptors (Lipinski definition) is 4. The zero-order valence-corrected chi connectivity index (χ0v) is 17.3. The lowest BCUT2D eigenvalue weighted by molar-refractivity contribution is 0.310. The van der Waals surface area contributed by atoms with Crippen LogP contribution in [0.4, 0.5) is 0 Å². The molecule has 0 saturated carbocycles. The fraction of sp³-hybridized carbons (Fsp3) is 0.353. The molecule has 0 aliphatic carbocycles. The molecule has 7 heteroatoms. The third kappa shape index (κ3) is 6.20. The molecular weight excluding hydrogens is 437 g/mol. The van der Waals surface area contributed by atoms with Gasteiger partial charge in [0.1, 0.15) is 0 Å². The summed E-state index contributed by atoms with van der Waals surface area (Å²) in [7, 11) is 3.41. The normalized spacial score (nSPS) is 10.7. The number of guanidine groups is 1. The van der Waals surface area contributed by atoms with Gasteiger partial charge in [-0.1, -0.05) is 6.07 Å². The predicted molar refractivity (Wildman–Crippen MR) is 111 cm³/mol. The van der Waals surface area contributed by atoms with Crippen LogP contribution >= 0.6 is 35.3 Å². The van der Waals surface area contributed by atoms with Gasteiger partial charge in [0, 0.05) is 20.1 Å². The first-order valence-corrected chi connectivity index (χ1v) is 8.46. The summed E-state index contributed by atoms with van der Waals surface area (Å²) < 4.78 is 10.9. The number of hydrogen-bond donors (Lipinski definition) is 2. The van der Waals surface area contributed by atoms with E-state index in [1.54, 1.807) is 25.5 Å². The number of rotatable bonds is 7. The van der Waals surface area contributed by atoms with E-state index < -0.39 is 0 Å². The van der Waals surface area contributed by atoms with Crippen molar-refractivity contribution in [3.05, 3.63) is 46.2 Å². The van der Waals surface area contributed by atoms with E-state index in [-0.39, 0.29) is 24.0 Å². The average molecular weight is 461 g/mol. The summed E-state index contributed by atoms with van der Waals surface area (Å²) in [4.78, 5) is 4.24. The summed E-state index contributed by atoms with van der Waals surface area (Å²) in [5.41, 5.74) is 2.36. The molecule has 0 amide bonds. The number of methoxy groups -OCH3 is 1. The van der Waals surface area contributed by atoms with E-state index >= 15 is 0 Å². The van der Waals surface area contributed by atoms with Crippen LogP contribution in [0.5, 0.6) is 11.5 Å². The summed E-state index contributed by atoms with van der Waals surface area (Å²) in [6, 6.07) is 8.02. The van der Waals surface area contributed by atoms with Crippen molar-refractivity contribution in [3.8, 4) is 11.5 Å². The Morgan fingerprint density at radius 2 is 1.88 bits per heavy atom. The highest BCUT2D eigenvalue weighted by atomic mass is 127. The number of nitrogens with one attached hydrogen (secondary N) is 2. The van der Waals surface area contributed by atoms with Crippen LogP contribution in [0.1, 0.15) is 18.1 Å². The monoisotopic (exact) mass is 461 g/mol. The van der Waals surface area contributed by atoms with Gasteiger partial charge in [0.05, 0.1) is 13.7 Å². The highest BCUT2D eigenvalue weighted by Crippen LogP contribution is 2.27. The first kappa shape index (κ1) is 20.6. The van der Waals surface area contributed by atoms with Crippen LogP contribution in [0.2, 0.25) is 0 Å². The van der Waals surface area contributed by atoms with Gasteiger partial charge in [0.25, 0.3) is 0 Å². The number of ether oxygens (including phenoxy) is 2. The second-order valence-corrected chi connectivity index (χ2v) is 5.61. The van der Waals surface area contributed by atoms with Gasteiger partial charge in [0.15, 0.2) is 17.5 Å². The third-order valence-corrected chi connectivity index (χ3v) is 3.98. The van der Waals surface area contributed by atoms with Crippen molar-refractivity contribution in [1.29, 1.82) is 0 Å². The zero-order chi connectivity index (χ0) is 16.5. The van der Waals surface area contributed by atoms with Crippen LogP contribution in [0.15, 0.2) is 40.0 Å². The molecule has 2 rings (SSSR count). The lowest BCUT2D eigenvalue weighted by Gasteiger charge is -2.14. The molecule has 2 N–H and O–H groups in total. The molecule has 0 bridgehead atoms. The third-order valence-electron chi connectivity index (χ3n) is 3.25. The Balaban J connectivity index is 0.00000288. The van der Waals surface area contributed by atoms with Crippen molar-refractivity contribution in [2.24, 2.45) is 4.99 Å². The highest BCUT2D eigenvalue weighted by Gasteiger charge is 2.06. The maximum Gasteiger partial charge on any atom is 0.191 e. The number of nitrogens with zero attached hydrogens (tertiary/aromatic N) is 1. The first-order chi connectivity index (χ1) is 11.3. The van der Waals surface area contributed by atoms with Gasteiger partial charge in [-0.3, -0.25) is 4.99 Å². The first-order valence-electron chi connectivity index (χ1n) is 7.52. The fourth-order valence-electron chi connectivity index (χ4n) is 2.08. The number of benzene rings is 1. The SMILES string of the molecule is CCOc1cc(CNC(=NC)NCc2ccsc2)ccc1OC.I. The second-order valence-electron chi connectivity index (χ2n) is 4.83. The van der Waals surface area contributed by atoms with Crippen molar-refractivity contribution >= 4 is 41.3 Å². The molecular formula is C17H24IN3O2S. The lowest BCUT2D eigenvalue weighted by atomic mass is 10.2. The molecule has 0 unspecified atom stereocenters. The molecule has 1 aromatic carbocycles. The molecule has 0 spiro atoms. The van der Waals surface area contributed by atoms with E-state index in [2.05, 4.69) is 32.5 Å². The van der Waals surface area contributed by atoms with Crippen molar-refractivity contribution in [1.82, 2.24) is 10.6 Å². The Hall–Kier alpha value is -1.48. The van der Waals surface area contributed by atoms with Crippen LogP contribution in [0.25, 0.3) is 0 Å². The van der Waals surface area contributed by atoms with Crippen LogP contribution in [0, 0.1) is 0 Å². The maximum absolute atomic E-state index is 5.60. The summed E-state index contributed by atoms with van der Waals surface area (Å²) in [5, 5.41) is 10.8. The van der Waals surface area contributed by atoms with Gasteiger partial charge >= 0.3 is 0 Å². The van der Waals surface area contributed by atoms with Gasteiger partial charge in [-0.05, 0) is 47.0 Å². The predicted octanol–water partition coefficient (Wildman–Crippen LogP) is 3.64. The Kier molecular flexibility index (Phi) is 9.55. The molecule has 5 nitrogen and oxygen atoms in total. The van der Waals surface area contributed by atoms with Gasteiger partial charge < -0.3 is 20.1 Å². The molecule has 0 aliphatic heterocycles. The zero-order valence-electron chi connectivity index (χ0n) is 14.2.